The van der Waals surface area contributed by atoms with Crippen LogP contribution < -0.4 is 10.0 Å². The maximum absolute atomic E-state index is 11.7. The normalized spacial score (nSPS) is 11.2. The first-order valence-corrected chi connectivity index (χ1v) is 8.92. The average molecular weight is 340 g/mol. The molecule has 0 aliphatic heterocycles. The second-order valence-corrected chi connectivity index (χ2v) is 7.22. The molecular weight excluding hydrogens is 322 g/mol. The smallest absolute Gasteiger partial charge is 0.233 e. The lowest BCUT2D eigenvalue weighted by Crippen LogP contribution is -2.16. The molecule has 5 nitrogen and oxygen atoms in total. The summed E-state index contributed by atoms with van der Waals surface area (Å²) in [5.41, 5.74) is 2.69. The van der Waals surface area contributed by atoms with E-state index >= 15 is 0 Å². The third-order valence-electron chi connectivity index (χ3n) is 2.98. The van der Waals surface area contributed by atoms with Gasteiger partial charge in [0.1, 0.15) is 5.82 Å². The molecular formula is C15H18ClN3O2S. The molecule has 1 aromatic heterocycles. The van der Waals surface area contributed by atoms with Crippen molar-refractivity contribution in [3.63, 3.8) is 0 Å². The molecule has 0 radical (unpaired) electrons. The van der Waals surface area contributed by atoms with Crippen LogP contribution in [0.25, 0.3) is 0 Å². The Balaban J connectivity index is 2.11. The molecule has 118 valence electrons. The van der Waals surface area contributed by atoms with Crippen LogP contribution in [0.3, 0.4) is 0 Å². The van der Waals surface area contributed by atoms with Crippen LogP contribution in [-0.4, -0.2) is 19.2 Å². The van der Waals surface area contributed by atoms with Gasteiger partial charge in [0.05, 0.1) is 17.6 Å². The summed E-state index contributed by atoms with van der Waals surface area (Å²) in [7, 11) is -3.32. The monoisotopic (exact) mass is 339 g/mol. The predicted octanol–water partition coefficient (Wildman–Crippen LogP) is 3.94. The minimum atomic E-state index is -3.32. The highest BCUT2D eigenvalue weighted by molar-refractivity contribution is 7.92. The number of rotatable bonds is 6. The molecule has 2 N–H and O–H groups in total. The third-order valence-corrected chi connectivity index (χ3v) is 4.68. The fourth-order valence-corrected chi connectivity index (χ4v) is 3.14. The van der Waals surface area contributed by atoms with E-state index in [1.165, 1.54) is 0 Å². The molecule has 1 aromatic carbocycles. The number of hydrogen-bond acceptors (Lipinski definition) is 4. The molecule has 0 spiro atoms. The van der Waals surface area contributed by atoms with E-state index in [1.807, 2.05) is 32.0 Å². The van der Waals surface area contributed by atoms with Crippen LogP contribution in [0.1, 0.15) is 18.9 Å². The number of halogens is 1. The molecule has 0 saturated carbocycles. The Morgan fingerprint density at radius 1 is 1.23 bits per heavy atom. The van der Waals surface area contributed by atoms with Gasteiger partial charge in [-0.05, 0) is 43.2 Å². The number of nitrogens with one attached hydrogen (secondary N) is 2. The second kappa shape index (κ2) is 6.98. The molecule has 0 bridgehead atoms. The standard InChI is InChI=1S/C15H18ClN3O2S/c1-3-8-22(20,21)19-15-7-6-13(10-17-15)18-14-9-12(16)5-4-11(14)2/h4-7,9-10,18H,3,8H2,1-2H3,(H,17,19). The fourth-order valence-electron chi connectivity index (χ4n) is 1.89. The van der Waals surface area contributed by atoms with Crippen LogP contribution in [0.4, 0.5) is 17.2 Å². The van der Waals surface area contributed by atoms with E-state index in [0.29, 0.717) is 17.3 Å². The van der Waals surface area contributed by atoms with Crippen molar-refractivity contribution in [2.45, 2.75) is 20.3 Å². The maximum atomic E-state index is 11.7. The number of hydrogen-bond donors (Lipinski definition) is 2. The summed E-state index contributed by atoms with van der Waals surface area (Å²) in [6.07, 6.45) is 2.13. The Labute approximate surface area is 135 Å². The van der Waals surface area contributed by atoms with Gasteiger partial charge in [-0.15, -0.1) is 0 Å². The zero-order valence-corrected chi connectivity index (χ0v) is 14.0. The number of nitrogens with zero attached hydrogens (tertiary/aromatic N) is 1. The van der Waals surface area contributed by atoms with Gasteiger partial charge in [0.15, 0.2) is 0 Å². The van der Waals surface area contributed by atoms with Crippen molar-refractivity contribution in [2.75, 3.05) is 15.8 Å². The van der Waals surface area contributed by atoms with Gasteiger partial charge >= 0.3 is 0 Å². The van der Waals surface area contributed by atoms with Crippen molar-refractivity contribution in [3.8, 4) is 0 Å². The van der Waals surface area contributed by atoms with Crippen molar-refractivity contribution in [1.82, 2.24) is 4.98 Å². The Morgan fingerprint density at radius 3 is 2.64 bits per heavy atom. The third kappa shape index (κ3) is 4.61. The van der Waals surface area contributed by atoms with Gasteiger partial charge in [-0.25, -0.2) is 13.4 Å². The van der Waals surface area contributed by atoms with E-state index in [4.69, 9.17) is 11.6 Å². The van der Waals surface area contributed by atoms with Crippen molar-refractivity contribution >= 4 is 38.8 Å². The first-order chi connectivity index (χ1) is 10.4. The summed E-state index contributed by atoms with van der Waals surface area (Å²) >= 11 is 5.98. The molecule has 2 rings (SSSR count). The summed E-state index contributed by atoms with van der Waals surface area (Å²) in [6, 6.07) is 8.96. The number of aryl methyl sites for hydroxylation is 1. The molecule has 0 aliphatic carbocycles. The highest BCUT2D eigenvalue weighted by atomic mass is 35.5. The highest BCUT2D eigenvalue weighted by Gasteiger charge is 2.09. The SMILES string of the molecule is CCCS(=O)(=O)Nc1ccc(Nc2cc(Cl)ccc2C)cn1. The first-order valence-electron chi connectivity index (χ1n) is 6.89. The Hall–Kier alpha value is -1.79. The van der Waals surface area contributed by atoms with Gasteiger partial charge in [0.2, 0.25) is 10.0 Å². The quantitative estimate of drug-likeness (QED) is 0.836. The molecule has 1 heterocycles. The number of benzene rings is 1. The molecule has 0 aliphatic rings. The summed E-state index contributed by atoms with van der Waals surface area (Å²) in [4.78, 5) is 4.11. The Morgan fingerprint density at radius 2 is 2.00 bits per heavy atom. The summed E-state index contributed by atoms with van der Waals surface area (Å²) in [5, 5.41) is 3.85. The summed E-state index contributed by atoms with van der Waals surface area (Å²) < 4.78 is 25.8. The summed E-state index contributed by atoms with van der Waals surface area (Å²) in [5.74, 6) is 0.387. The molecule has 0 saturated heterocycles. The number of pyridine rings is 1. The van der Waals surface area contributed by atoms with E-state index < -0.39 is 10.0 Å². The molecule has 0 fully saturated rings. The predicted molar refractivity (Wildman–Crippen MR) is 91.4 cm³/mol. The molecule has 0 atom stereocenters. The minimum Gasteiger partial charge on any atom is -0.354 e. The van der Waals surface area contributed by atoms with Gasteiger partial charge in [0.25, 0.3) is 0 Å². The lowest BCUT2D eigenvalue weighted by atomic mass is 10.2. The van der Waals surface area contributed by atoms with E-state index in [0.717, 1.165) is 16.9 Å². The van der Waals surface area contributed by atoms with E-state index in [-0.39, 0.29) is 5.75 Å². The lowest BCUT2D eigenvalue weighted by molar-refractivity contribution is 0.599. The highest BCUT2D eigenvalue weighted by Crippen LogP contribution is 2.24. The van der Waals surface area contributed by atoms with E-state index in [2.05, 4.69) is 15.0 Å². The van der Waals surface area contributed by atoms with Gasteiger partial charge < -0.3 is 5.32 Å². The fraction of sp³-hybridized carbons (Fsp3) is 0.267. The van der Waals surface area contributed by atoms with Gasteiger partial charge in [0, 0.05) is 10.7 Å². The topological polar surface area (TPSA) is 71.1 Å². The average Bonchev–Trinajstić information content (AvgIpc) is 2.44. The van der Waals surface area contributed by atoms with E-state index in [1.54, 1.807) is 18.3 Å². The second-order valence-electron chi connectivity index (χ2n) is 4.94. The minimum absolute atomic E-state index is 0.0798. The number of sulfonamides is 1. The van der Waals surface area contributed by atoms with Crippen LogP contribution >= 0.6 is 11.6 Å². The van der Waals surface area contributed by atoms with Crippen molar-refractivity contribution in [2.24, 2.45) is 0 Å². The molecule has 0 amide bonds. The zero-order chi connectivity index (χ0) is 16.2. The molecule has 0 unspecified atom stereocenters. The molecule has 7 heteroatoms. The zero-order valence-electron chi connectivity index (χ0n) is 12.4. The van der Waals surface area contributed by atoms with Crippen LogP contribution in [0.5, 0.6) is 0 Å². The van der Waals surface area contributed by atoms with Gasteiger partial charge in [-0.2, -0.15) is 0 Å². The van der Waals surface area contributed by atoms with Crippen LogP contribution in [0.15, 0.2) is 36.5 Å². The maximum Gasteiger partial charge on any atom is 0.233 e. The van der Waals surface area contributed by atoms with Crippen molar-refractivity contribution < 1.29 is 8.42 Å². The molecule has 22 heavy (non-hydrogen) atoms. The van der Waals surface area contributed by atoms with Crippen LogP contribution in [0.2, 0.25) is 5.02 Å². The van der Waals surface area contributed by atoms with Crippen molar-refractivity contribution in [3.05, 3.63) is 47.1 Å². The van der Waals surface area contributed by atoms with Crippen LogP contribution in [-0.2, 0) is 10.0 Å². The van der Waals surface area contributed by atoms with Crippen molar-refractivity contribution in [1.29, 1.82) is 0 Å². The largest absolute Gasteiger partial charge is 0.354 e. The summed E-state index contributed by atoms with van der Waals surface area (Å²) in [6.45, 7) is 3.78. The van der Waals surface area contributed by atoms with Crippen LogP contribution in [0, 0.1) is 6.92 Å². The van der Waals surface area contributed by atoms with Gasteiger partial charge in [-0.3, -0.25) is 4.72 Å². The van der Waals surface area contributed by atoms with Gasteiger partial charge in [-0.1, -0.05) is 24.6 Å². The number of aromatic nitrogens is 1. The molecule has 2 aromatic rings. The lowest BCUT2D eigenvalue weighted by Gasteiger charge is -2.11. The Kier molecular flexibility index (Phi) is 5.26. The van der Waals surface area contributed by atoms with E-state index in [9.17, 15) is 8.42 Å². The first kappa shape index (κ1) is 16.6. The Bertz CT molecular complexity index is 746. The number of anilines is 3.